The van der Waals surface area contributed by atoms with Crippen molar-refractivity contribution in [1.29, 1.82) is 0 Å². The van der Waals surface area contributed by atoms with Gasteiger partial charge in [-0.2, -0.15) is 0 Å². The summed E-state index contributed by atoms with van der Waals surface area (Å²) in [7, 11) is 0. The lowest BCUT2D eigenvalue weighted by molar-refractivity contribution is -0.660. The van der Waals surface area contributed by atoms with E-state index in [1.807, 2.05) is 29.6 Å². The molecule has 1 aromatic carbocycles. The van der Waals surface area contributed by atoms with Crippen LogP contribution in [0.1, 0.15) is 5.56 Å². The zero-order valence-electron chi connectivity index (χ0n) is 6.76. The van der Waals surface area contributed by atoms with Crippen LogP contribution in [-0.2, 0) is 6.54 Å². The van der Waals surface area contributed by atoms with Crippen LogP contribution in [0.5, 0.6) is 0 Å². The van der Waals surface area contributed by atoms with Gasteiger partial charge in [0.1, 0.15) is 13.1 Å². The Morgan fingerprint density at radius 1 is 1.42 bits per heavy atom. The second-order valence-electron chi connectivity index (χ2n) is 2.49. The fraction of sp³-hybridized carbons (Fsp3) is 0.200. The van der Waals surface area contributed by atoms with Gasteiger partial charge in [0.2, 0.25) is 0 Å². The lowest BCUT2D eigenvalue weighted by Crippen LogP contribution is -2.82. The van der Waals surface area contributed by atoms with E-state index in [1.165, 1.54) is 0 Å². The summed E-state index contributed by atoms with van der Waals surface area (Å²) in [6.45, 7) is 1.55. The van der Waals surface area contributed by atoms with Crippen LogP contribution in [0.3, 0.4) is 0 Å². The highest BCUT2D eigenvalue weighted by Crippen LogP contribution is 2.12. The van der Waals surface area contributed by atoms with E-state index in [0.717, 1.165) is 17.1 Å². The summed E-state index contributed by atoms with van der Waals surface area (Å²) >= 11 is 5.93. The molecule has 0 unspecified atom stereocenters. The zero-order chi connectivity index (χ0) is 8.81. The molecule has 1 aromatic rings. The Labute approximate surface area is 77.7 Å². The smallest absolute Gasteiger partial charge is 0.137 e. The van der Waals surface area contributed by atoms with Crippen molar-refractivity contribution >= 4 is 11.6 Å². The molecule has 1 rings (SSSR count). The molecule has 0 bridgehead atoms. The predicted octanol–water partition coefficient (Wildman–Crippen LogP) is 1.04. The van der Waals surface area contributed by atoms with Crippen LogP contribution < -0.4 is 5.32 Å². The highest BCUT2D eigenvalue weighted by Gasteiger charge is 1.98. The molecule has 0 fully saturated rings. The van der Waals surface area contributed by atoms with Gasteiger partial charge in [-0.3, -0.25) is 0 Å². The van der Waals surface area contributed by atoms with Crippen molar-refractivity contribution in [2.24, 2.45) is 0 Å². The van der Waals surface area contributed by atoms with E-state index >= 15 is 0 Å². The van der Waals surface area contributed by atoms with Crippen LogP contribution in [-0.4, -0.2) is 6.54 Å². The first-order valence-corrected chi connectivity index (χ1v) is 4.21. The van der Waals surface area contributed by atoms with Gasteiger partial charge in [-0.1, -0.05) is 29.8 Å². The monoisotopic (exact) mass is 180 g/mol. The third-order valence-electron chi connectivity index (χ3n) is 1.58. The molecule has 0 spiro atoms. The number of nitrogens with two attached hydrogens (primary N) is 1. The normalized spacial score (nSPS) is 9.33. The zero-order valence-corrected chi connectivity index (χ0v) is 7.51. The van der Waals surface area contributed by atoms with Gasteiger partial charge in [0.15, 0.2) is 0 Å². The number of hydrogen-bond acceptors (Lipinski definition) is 0. The molecule has 0 saturated heterocycles. The summed E-state index contributed by atoms with van der Waals surface area (Å²) in [5, 5.41) is 2.85. The summed E-state index contributed by atoms with van der Waals surface area (Å²) in [5.41, 5.74) is 1.13. The lowest BCUT2D eigenvalue weighted by Gasteiger charge is -2.00. The minimum absolute atomic E-state index is 0.700. The van der Waals surface area contributed by atoms with E-state index in [-0.39, 0.29) is 0 Å². The number of rotatable bonds is 3. The Balaban J connectivity index is 2.53. The average molecular weight is 181 g/mol. The van der Waals surface area contributed by atoms with Gasteiger partial charge >= 0.3 is 0 Å². The molecule has 0 radical (unpaired) electrons. The topological polar surface area (TPSA) is 16.6 Å². The third-order valence-corrected chi connectivity index (χ3v) is 1.95. The Morgan fingerprint density at radius 2 is 2.17 bits per heavy atom. The molecule has 62 valence electrons. The standard InChI is InChI=1S/C10H10ClN/c1-2-7-12-8-9-5-3-4-6-10(9)11/h1,3-6,12H,7-8H2/p+1. The SMILES string of the molecule is C#CC[NH2+]Cc1ccccc1Cl. The van der Waals surface area contributed by atoms with E-state index in [9.17, 15) is 0 Å². The van der Waals surface area contributed by atoms with Crippen molar-refractivity contribution in [2.45, 2.75) is 6.54 Å². The van der Waals surface area contributed by atoms with Gasteiger partial charge in [-0.05, 0) is 12.0 Å². The fourth-order valence-corrected chi connectivity index (χ4v) is 1.19. The molecule has 0 saturated carbocycles. The average Bonchev–Trinajstić information content (AvgIpc) is 2.09. The summed E-state index contributed by atoms with van der Waals surface area (Å²) in [6.07, 6.45) is 5.12. The van der Waals surface area contributed by atoms with Crippen LogP contribution in [0, 0.1) is 12.3 Å². The predicted molar refractivity (Wildman–Crippen MR) is 50.8 cm³/mol. The Kier molecular flexibility index (Phi) is 3.66. The number of hydrogen-bond donors (Lipinski definition) is 1. The summed E-state index contributed by atoms with van der Waals surface area (Å²) in [5.74, 6) is 2.56. The summed E-state index contributed by atoms with van der Waals surface area (Å²) in [6, 6.07) is 7.80. The minimum Gasteiger partial charge on any atom is -0.332 e. The number of halogens is 1. The molecule has 0 aliphatic rings. The third kappa shape index (κ3) is 2.58. The van der Waals surface area contributed by atoms with Crippen molar-refractivity contribution in [2.75, 3.05) is 6.54 Å². The molecule has 0 atom stereocenters. The molecule has 2 heteroatoms. The Hall–Kier alpha value is -0.970. The highest BCUT2D eigenvalue weighted by atomic mass is 35.5. The molecule has 0 aliphatic heterocycles. The molecule has 0 heterocycles. The maximum absolute atomic E-state index is 5.93. The lowest BCUT2D eigenvalue weighted by atomic mass is 10.2. The van der Waals surface area contributed by atoms with Crippen LogP contribution in [0.15, 0.2) is 24.3 Å². The first-order valence-electron chi connectivity index (χ1n) is 3.83. The van der Waals surface area contributed by atoms with Crippen molar-refractivity contribution < 1.29 is 5.32 Å². The second-order valence-corrected chi connectivity index (χ2v) is 2.90. The molecule has 0 aliphatic carbocycles. The minimum atomic E-state index is 0.700. The number of benzene rings is 1. The number of quaternary nitrogens is 1. The summed E-state index contributed by atoms with van der Waals surface area (Å²) < 4.78 is 0. The molecular weight excluding hydrogens is 170 g/mol. The van der Waals surface area contributed by atoms with Crippen LogP contribution in [0.25, 0.3) is 0 Å². The van der Waals surface area contributed by atoms with Crippen LogP contribution in [0.2, 0.25) is 5.02 Å². The number of terminal acetylenes is 1. The van der Waals surface area contributed by atoms with Crippen molar-refractivity contribution in [3.63, 3.8) is 0 Å². The molecule has 2 N–H and O–H groups in total. The van der Waals surface area contributed by atoms with Gasteiger partial charge < -0.3 is 5.32 Å². The Morgan fingerprint density at radius 3 is 2.83 bits per heavy atom. The van der Waals surface area contributed by atoms with Gasteiger partial charge in [-0.15, -0.1) is 6.42 Å². The van der Waals surface area contributed by atoms with E-state index in [0.29, 0.717) is 6.54 Å². The van der Waals surface area contributed by atoms with Gasteiger partial charge in [-0.25, -0.2) is 0 Å². The summed E-state index contributed by atoms with van der Waals surface area (Å²) in [4.78, 5) is 0. The molecule has 0 aromatic heterocycles. The molecule has 12 heavy (non-hydrogen) atoms. The van der Waals surface area contributed by atoms with E-state index in [4.69, 9.17) is 18.0 Å². The largest absolute Gasteiger partial charge is 0.332 e. The fourth-order valence-electron chi connectivity index (χ4n) is 0.975. The van der Waals surface area contributed by atoms with Crippen molar-refractivity contribution in [3.8, 4) is 12.3 Å². The quantitative estimate of drug-likeness (QED) is 0.529. The van der Waals surface area contributed by atoms with Crippen molar-refractivity contribution in [3.05, 3.63) is 34.9 Å². The van der Waals surface area contributed by atoms with Gasteiger partial charge in [0.25, 0.3) is 0 Å². The van der Waals surface area contributed by atoms with Gasteiger partial charge in [0, 0.05) is 10.6 Å². The highest BCUT2D eigenvalue weighted by molar-refractivity contribution is 6.31. The first-order chi connectivity index (χ1) is 5.84. The molecule has 0 amide bonds. The van der Waals surface area contributed by atoms with Crippen LogP contribution in [0.4, 0.5) is 0 Å². The van der Waals surface area contributed by atoms with E-state index in [1.54, 1.807) is 0 Å². The van der Waals surface area contributed by atoms with Gasteiger partial charge in [0.05, 0.1) is 0 Å². The maximum Gasteiger partial charge on any atom is 0.137 e. The molecular formula is C10H11ClN+. The Bertz CT molecular complexity index is 288. The van der Waals surface area contributed by atoms with Crippen LogP contribution >= 0.6 is 11.6 Å². The maximum atomic E-state index is 5.93. The second kappa shape index (κ2) is 4.82. The first kappa shape index (κ1) is 9.12. The molecule has 1 nitrogen and oxygen atoms in total. The van der Waals surface area contributed by atoms with E-state index < -0.39 is 0 Å². The van der Waals surface area contributed by atoms with E-state index in [2.05, 4.69) is 5.92 Å². The van der Waals surface area contributed by atoms with Crippen molar-refractivity contribution in [1.82, 2.24) is 0 Å².